The van der Waals surface area contributed by atoms with Gasteiger partial charge < -0.3 is 9.73 Å². The molecule has 2 nitrogen and oxygen atoms in total. The molecule has 13 heavy (non-hydrogen) atoms. The van der Waals surface area contributed by atoms with Crippen molar-refractivity contribution in [2.45, 2.75) is 0 Å². The van der Waals surface area contributed by atoms with Gasteiger partial charge in [0.1, 0.15) is 11.0 Å². The van der Waals surface area contributed by atoms with E-state index in [2.05, 4.69) is 18.5 Å². The fraction of sp³-hybridized carbons (Fsp3) is 0.0909. The number of hydrogen-bond acceptors (Lipinski definition) is 2. The van der Waals surface area contributed by atoms with Crippen molar-refractivity contribution in [3.05, 3.63) is 28.8 Å². The summed E-state index contributed by atoms with van der Waals surface area (Å²) in [5.74, 6) is 0. The first-order chi connectivity index (χ1) is 6.24. The Labute approximate surface area is 76.2 Å². The summed E-state index contributed by atoms with van der Waals surface area (Å²) in [5.41, 5.74) is 2.50. The Kier molecular flexibility index (Phi) is 1.62. The SMILES string of the molecule is C=c1oc2cccc(NC)c2c1=C. The fourth-order valence-corrected chi connectivity index (χ4v) is 1.47. The lowest BCUT2D eigenvalue weighted by Crippen LogP contribution is -2.16. The van der Waals surface area contributed by atoms with Gasteiger partial charge in [0, 0.05) is 18.0 Å². The predicted molar refractivity (Wildman–Crippen MR) is 56.1 cm³/mol. The Bertz CT molecular complexity index is 539. The van der Waals surface area contributed by atoms with Gasteiger partial charge in [-0.25, -0.2) is 0 Å². The van der Waals surface area contributed by atoms with Gasteiger partial charge >= 0.3 is 0 Å². The highest BCUT2D eigenvalue weighted by Gasteiger charge is 2.03. The monoisotopic (exact) mass is 173 g/mol. The Morgan fingerprint density at radius 3 is 2.77 bits per heavy atom. The first-order valence-corrected chi connectivity index (χ1v) is 4.11. The summed E-state index contributed by atoms with van der Waals surface area (Å²) in [5, 5.41) is 4.98. The number of furan rings is 1. The molecule has 0 saturated heterocycles. The van der Waals surface area contributed by atoms with Crippen LogP contribution in [0.1, 0.15) is 0 Å². The lowest BCUT2D eigenvalue weighted by molar-refractivity contribution is 0.577. The third kappa shape index (κ3) is 1.03. The third-order valence-electron chi connectivity index (χ3n) is 2.17. The molecule has 1 N–H and O–H groups in total. The highest BCUT2D eigenvalue weighted by atomic mass is 16.3. The van der Waals surface area contributed by atoms with E-state index in [9.17, 15) is 0 Å². The number of hydrogen-bond donors (Lipinski definition) is 1. The molecular weight excluding hydrogens is 162 g/mol. The van der Waals surface area contributed by atoms with E-state index in [0.29, 0.717) is 5.42 Å². The van der Waals surface area contributed by atoms with Crippen molar-refractivity contribution in [2.24, 2.45) is 0 Å². The molecule has 0 amide bonds. The molecule has 0 bridgehead atoms. The molecule has 0 aliphatic heterocycles. The first-order valence-electron chi connectivity index (χ1n) is 4.11. The minimum absolute atomic E-state index is 0.637. The molecule has 66 valence electrons. The van der Waals surface area contributed by atoms with E-state index < -0.39 is 0 Å². The summed E-state index contributed by atoms with van der Waals surface area (Å²) >= 11 is 0. The summed E-state index contributed by atoms with van der Waals surface area (Å²) in [4.78, 5) is 0. The normalized spacial score (nSPS) is 10.5. The Balaban J connectivity index is 3.04. The molecule has 0 spiro atoms. The van der Waals surface area contributed by atoms with E-state index in [-0.39, 0.29) is 0 Å². The molecule has 0 atom stereocenters. The van der Waals surface area contributed by atoms with E-state index in [1.807, 2.05) is 25.2 Å². The van der Waals surface area contributed by atoms with E-state index in [4.69, 9.17) is 4.42 Å². The second-order valence-corrected chi connectivity index (χ2v) is 2.93. The molecular formula is C11H11NO. The minimum Gasteiger partial charge on any atom is -0.457 e. The topological polar surface area (TPSA) is 25.2 Å². The van der Waals surface area contributed by atoms with Crippen molar-refractivity contribution in [3.63, 3.8) is 0 Å². The van der Waals surface area contributed by atoms with Crippen molar-refractivity contribution in [3.8, 4) is 0 Å². The van der Waals surface area contributed by atoms with Crippen LogP contribution >= 0.6 is 0 Å². The smallest absolute Gasteiger partial charge is 0.137 e. The van der Waals surface area contributed by atoms with Crippen molar-refractivity contribution >= 4 is 29.8 Å². The van der Waals surface area contributed by atoms with Crippen LogP contribution in [0.2, 0.25) is 0 Å². The summed E-state index contributed by atoms with van der Waals surface area (Å²) in [6, 6.07) is 5.85. The van der Waals surface area contributed by atoms with Crippen LogP contribution in [0.5, 0.6) is 0 Å². The largest absolute Gasteiger partial charge is 0.457 e. The number of fused-ring (bicyclic) bond motifs is 1. The van der Waals surface area contributed by atoms with Crippen LogP contribution < -0.4 is 16.0 Å². The lowest BCUT2D eigenvalue weighted by atomic mass is 10.2. The molecule has 1 heterocycles. The molecule has 0 radical (unpaired) electrons. The standard InChI is InChI=1S/C11H11NO/c1-7-8(2)13-10-6-4-5-9(12-3)11(7)10/h4-6,12H,1-2H2,3H3. The Morgan fingerprint density at radius 1 is 1.31 bits per heavy atom. The Hall–Kier alpha value is -1.70. The fourth-order valence-electron chi connectivity index (χ4n) is 1.47. The van der Waals surface area contributed by atoms with Gasteiger partial charge in [-0.05, 0) is 12.1 Å². The van der Waals surface area contributed by atoms with Gasteiger partial charge in [-0.15, -0.1) is 0 Å². The van der Waals surface area contributed by atoms with E-state index in [1.54, 1.807) is 0 Å². The van der Waals surface area contributed by atoms with Crippen LogP contribution in [0.25, 0.3) is 24.1 Å². The molecule has 2 rings (SSSR count). The van der Waals surface area contributed by atoms with Crippen LogP contribution in [0.4, 0.5) is 5.69 Å². The summed E-state index contributed by atoms with van der Waals surface area (Å²) in [7, 11) is 1.88. The van der Waals surface area contributed by atoms with Gasteiger partial charge in [-0.1, -0.05) is 19.2 Å². The maximum Gasteiger partial charge on any atom is 0.137 e. The van der Waals surface area contributed by atoms with Crippen molar-refractivity contribution < 1.29 is 4.42 Å². The van der Waals surface area contributed by atoms with E-state index >= 15 is 0 Å². The summed E-state index contributed by atoms with van der Waals surface area (Å²) in [6.45, 7) is 7.70. The molecule has 0 saturated carbocycles. The van der Waals surface area contributed by atoms with Gasteiger partial charge in [0.25, 0.3) is 0 Å². The highest BCUT2D eigenvalue weighted by molar-refractivity contribution is 5.90. The van der Waals surface area contributed by atoms with Gasteiger partial charge in [0.05, 0.1) is 5.39 Å². The van der Waals surface area contributed by atoms with Crippen LogP contribution in [-0.4, -0.2) is 7.05 Å². The lowest BCUT2D eigenvalue weighted by Gasteiger charge is -1.99. The zero-order valence-electron chi connectivity index (χ0n) is 7.55. The van der Waals surface area contributed by atoms with Crippen LogP contribution in [0.15, 0.2) is 22.6 Å². The maximum atomic E-state index is 5.43. The van der Waals surface area contributed by atoms with Gasteiger partial charge in [0.2, 0.25) is 0 Å². The molecule has 1 aromatic carbocycles. The second-order valence-electron chi connectivity index (χ2n) is 2.93. The van der Waals surface area contributed by atoms with Gasteiger partial charge in [-0.3, -0.25) is 0 Å². The van der Waals surface area contributed by atoms with Crippen LogP contribution in [0, 0.1) is 0 Å². The summed E-state index contributed by atoms with van der Waals surface area (Å²) in [6.07, 6.45) is 0. The van der Waals surface area contributed by atoms with Crippen molar-refractivity contribution in [1.82, 2.24) is 0 Å². The van der Waals surface area contributed by atoms with Crippen molar-refractivity contribution in [1.29, 1.82) is 0 Å². The third-order valence-corrected chi connectivity index (χ3v) is 2.17. The quantitative estimate of drug-likeness (QED) is 0.703. The number of nitrogens with one attached hydrogen (secondary N) is 1. The van der Waals surface area contributed by atoms with Crippen LogP contribution in [0.3, 0.4) is 0 Å². The van der Waals surface area contributed by atoms with Gasteiger partial charge in [-0.2, -0.15) is 0 Å². The number of rotatable bonds is 1. The van der Waals surface area contributed by atoms with Crippen LogP contribution in [-0.2, 0) is 0 Å². The first kappa shape index (κ1) is 7.92. The van der Waals surface area contributed by atoms with Crippen molar-refractivity contribution in [2.75, 3.05) is 12.4 Å². The average molecular weight is 173 g/mol. The van der Waals surface area contributed by atoms with E-state index in [1.165, 1.54) is 0 Å². The molecule has 2 heteroatoms. The molecule has 0 fully saturated rings. The second kappa shape index (κ2) is 2.66. The molecule has 2 aromatic rings. The predicted octanol–water partition coefficient (Wildman–Crippen LogP) is 1.30. The molecule has 1 aromatic heterocycles. The molecule has 0 aliphatic rings. The van der Waals surface area contributed by atoms with E-state index in [0.717, 1.165) is 21.9 Å². The average Bonchev–Trinajstić information content (AvgIpc) is 2.43. The minimum atomic E-state index is 0.637. The number of anilines is 1. The summed E-state index contributed by atoms with van der Waals surface area (Å²) < 4.78 is 5.43. The number of benzene rings is 1. The molecule has 0 unspecified atom stereocenters. The Morgan fingerprint density at radius 2 is 2.08 bits per heavy atom. The molecule has 0 aliphatic carbocycles. The maximum absolute atomic E-state index is 5.43. The zero-order valence-corrected chi connectivity index (χ0v) is 7.55. The van der Waals surface area contributed by atoms with Gasteiger partial charge in [0.15, 0.2) is 0 Å². The highest BCUT2D eigenvalue weighted by Crippen LogP contribution is 2.17. The zero-order chi connectivity index (χ0) is 9.42.